The number of nitrogens with zero attached hydrogens (tertiary/aromatic N) is 1. The summed E-state index contributed by atoms with van der Waals surface area (Å²) in [6, 6.07) is 9.69. The van der Waals surface area contributed by atoms with Crippen LogP contribution in [0.1, 0.15) is 37.6 Å². The van der Waals surface area contributed by atoms with Crippen LogP contribution in [0.5, 0.6) is 0 Å². The van der Waals surface area contributed by atoms with E-state index in [4.69, 9.17) is 10.2 Å². The fraction of sp³-hybridized carbons (Fsp3) is 0.154. The van der Waals surface area contributed by atoms with E-state index < -0.39 is 39.2 Å². The number of esters is 2. The molecule has 1 unspecified atom stereocenters. The van der Waals surface area contributed by atoms with E-state index in [1.807, 2.05) is 0 Å². The highest BCUT2D eigenvalue weighted by Crippen LogP contribution is 2.15. The summed E-state index contributed by atoms with van der Waals surface area (Å²) < 4.78 is 29.4. The van der Waals surface area contributed by atoms with E-state index in [2.05, 4.69) is 36.3 Å². The first-order valence-corrected chi connectivity index (χ1v) is 12.9. The van der Waals surface area contributed by atoms with Crippen LogP contribution in [-0.4, -0.2) is 58.3 Å². The van der Waals surface area contributed by atoms with Crippen LogP contribution in [0.3, 0.4) is 0 Å². The third-order valence-electron chi connectivity index (χ3n) is 5.02. The minimum absolute atomic E-state index is 0.0215. The van der Waals surface area contributed by atoms with E-state index in [1.54, 1.807) is 37.3 Å². The van der Waals surface area contributed by atoms with Crippen molar-refractivity contribution in [1.29, 1.82) is 0 Å². The van der Waals surface area contributed by atoms with Crippen molar-refractivity contribution in [2.75, 3.05) is 31.0 Å². The van der Waals surface area contributed by atoms with Crippen LogP contribution >= 0.6 is 0 Å². The number of pyridine rings is 1. The number of hydrogen-bond acceptors (Lipinski definition) is 10. The maximum absolute atomic E-state index is 13.1. The smallest absolute Gasteiger partial charge is 0.340 e. The molecule has 0 bridgehead atoms. The van der Waals surface area contributed by atoms with Gasteiger partial charge < -0.3 is 24.9 Å². The van der Waals surface area contributed by atoms with Gasteiger partial charge in [0.05, 0.1) is 46.7 Å². The second kappa shape index (κ2) is 12.4. The Kier molecular flexibility index (Phi) is 9.08. The van der Waals surface area contributed by atoms with Gasteiger partial charge in [-0.05, 0) is 37.3 Å². The molecule has 0 aliphatic heterocycles. The molecule has 12 nitrogen and oxygen atoms in total. The number of methoxy groups -OCH3 is 2. The first-order chi connectivity index (χ1) is 18.5. The Morgan fingerprint density at radius 1 is 1.10 bits per heavy atom. The van der Waals surface area contributed by atoms with Crippen LogP contribution in [-0.2, 0) is 28.8 Å². The molecule has 39 heavy (non-hydrogen) atoms. The minimum atomic E-state index is -3.68. The summed E-state index contributed by atoms with van der Waals surface area (Å²) in [5.74, 6) is 1.88. The lowest BCUT2D eigenvalue weighted by Gasteiger charge is -2.12. The molecule has 2 aromatic heterocycles. The quantitative estimate of drug-likeness (QED) is 0.220. The van der Waals surface area contributed by atoms with Crippen molar-refractivity contribution in [3.05, 3.63) is 76.9 Å². The highest BCUT2D eigenvalue weighted by Gasteiger charge is 2.21. The Hall–Kier alpha value is -5.09. The number of carbonyl (C=O) groups is 4. The molecule has 2 amide bonds. The molecule has 0 aliphatic carbocycles. The predicted octanol–water partition coefficient (Wildman–Crippen LogP) is 1.29. The number of aryl methyl sites for hydroxylation is 1. The average molecular weight is 553 g/mol. The van der Waals surface area contributed by atoms with Crippen molar-refractivity contribution in [3.8, 4) is 11.8 Å². The molecule has 202 valence electrons. The fourth-order valence-corrected chi connectivity index (χ4v) is 4.59. The second-order valence-corrected chi connectivity index (χ2v) is 10.1. The Bertz CT molecular complexity index is 1620. The number of carbonyl (C=O) groups excluding carboxylic acids is 4. The molecule has 3 rings (SSSR count). The molecule has 4 N–H and O–H groups in total. The summed E-state index contributed by atoms with van der Waals surface area (Å²) in [5, 5.41) is 3.33. The van der Waals surface area contributed by atoms with Gasteiger partial charge in [-0.1, -0.05) is 17.9 Å². The number of nitrogen functional groups attached to an aromatic ring is 1. The van der Waals surface area contributed by atoms with Crippen LogP contribution in [0.4, 0.5) is 11.5 Å². The van der Waals surface area contributed by atoms with E-state index in [0.717, 1.165) is 20.4 Å². The van der Waals surface area contributed by atoms with Crippen LogP contribution in [0.2, 0.25) is 0 Å². The predicted molar refractivity (Wildman–Crippen MR) is 143 cm³/mol. The van der Waals surface area contributed by atoms with Gasteiger partial charge in [0, 0.05) is 23.0 Å². The van der Waals surface area contributed by atoms with E-state index in [-0.39, 0.29) is 22.7 Å². The Morgan fingerprint density at radius 3 is 2.54 bits per heavy atom. The SMILES string of the molecule is COC(=O)C=S(=O)(CC(=O)OC)NC(=O)c1cnc(N)c(C#Cc2cccc(NC(=O)c3occc3C)c2)c1. The fourth-order valence-electron chi connectivity index (χ4n) is 3.07. The van der Waals surface area contributed by atoms with E-state index in [1.165, 1.54) is 12.3 Å². The summed E-state index contributed by atoms with van der Waals surface area (Å²) in [7, 11) is -1.56. The van der Waals surface area contributed by atoms with Crippen molar-refractivity contribution in [1.82, 2.24) is 9.71 Å². The van der Waals surface area contributed by atoms with Crippen LogP contribution < -0.4 is 15.8 Å². The molecule has 0 saturated carbocycles. The molecular formula is C26H24N4O8S. The lowest BCUT2D eigenvalue weighted by Crippen LogP contribution is -2.38. The number of hydrogen-bond donors (Lipinski definition) is 3. The first-order valence-electron chi connectivity index (χ1n) is 11.1. The van der Waals surface area contributed by atoms with Gasteiger partial charge in [-0.3, -0.25) is 19.1 Å². The zero-order valence-corrected chi connectivity index (χ0v) is 21.9. The molecule has 1 atom stereocenters. The van der Waals surface area contributed by atoms with Crippen LogP contribution in [0, 0.1) is 18.8 Å². The summed E-state index contributed by atoms with van der Waals surface area (Å²) in [6.45, 7) is 1.75. The lowest BCUT2D eigenvalue weighted by molar-refractivity contribution is -0.137. The molecule has 1 aromatic carbocycles. The zero-order valence-electron chi connectivity index (χ0n) is 21.1. The van der Waals surface area contributed by atoms with Crippen molar-refractivity contribution in [2.45, 2.75) is 6.92 Å². The van der Waals surface area contributed by atoms with Gasteiger partial charge in [-0.2, -0.15) is 0 Å². The maximum Gasteiger partial charge on any atom is 0.340 e. The number of nitrogens with one attached hydrogen (secondary N) is 2. The van der Waals surface area contributed by atoms with Gasteiger partial charge in [0.1, 0.15) is 11.6 Å². The molecule has 0 aliphatic rings. The number of aromatic nitrogens is 1. The van der Waals surface area contributed by atoms with E-state index >= 15 is 0 Å². The molecule has 0 spiro atoms. The van der Waals surface area contributed by atoms with Crippen LogP contribution in [0.15, 0.2) is 53.3 Å². The van der Waals surface area contributed by atoms with Gasteiger partial charge in [0.25, 0.3) is 11.8 Å². The van der Waals surface area contributed by atoms with Gasteiger partial charge >= 0.3 is 11.9 Å². The topological polar surface area (TPSA) is 180 Å². The van der Waals surface area contributed by atoms with Gasteiger partial charge in [-0.25, -0.2) is 14.0 Å². The summed E-state index contributed by atoms with van der Waals surface area (Å²) in [5.41, 5.74) is 7.70. The maximum atomic E-state index is 13.1. The van der Waals surface area contributed by atoms with Crippen molar-refractivity contribution >= 4 is 50.3 Å². The van der Waals surface area contributed by atoms with E-state index in [0.29, 0.717) is 22.2 Å². The van der Waals surface area contributed by atoms with Crippen molar-refractivity contribution < 1.29 is 37.3 Å². The van der Waals surface area contributed by atoms with Gasteiger partial charge in [0.15, 0.2) is 5.76 Å². The monoisotopic (exact) mass is 552 g/mol. The van der Waals surface area contributed by atoms with Crippen molar-refractivity contribution in [2.24, 2.45) is 0 Å². The minimum Gasteiger partial charge on any atom is -0.468 e. The third kappa shape index (κ3) is 7.70. The molecule has 13 heteroatoms. The molecule has 2 heterocycles. The zero-order chi connectivity index (χ0) is 28.6. The Balaban J connectivity index is 1.83. The van der Waals surface area contributed by atoms with E-state index in [9.17, 15) is 23.4 Å². The number of rotatable bonds is 7. The molecular weight excluding hydrogens is 528 g/mol. The van der Waals surface area contributed by atoms with Gasteiger partial charge in [-0.15, -0.1) is 0 Å². The largest absolute Gasteiger partial charge is 0.468 e. The van der Waals surface area contributed by atoms with Crippen molar-refractivity contribution in [3.63, 3.8) is 0 Å². The summed E-state index contributed by atoms with van der Waals surface area (Å²) in [4.78, 5) is 52.5. The Morgan fingerprint density at radius 2 is 1.87 bits per heavy atom. The summed E-state index contributed by atoms with van der Waals surface area (Å²) >= 11 is 0. The molecule has 0 fully saturated rings. The number of amides is 2. The second-order valence-electron chi connectivity index (χ2n) is 7.89. The molecule has 0 saturated heterocycles. The normalized spacial score (nSPS) is 11.7. The number of anilines is 2. The molecule has 3 aromatic rings. The number of ether oxygens (including phenoxy) is 2. The Labute approximate surface area is 224 Å². The third-order valence-corrected chi connectivity index (χ3v) is 6.79. The first kappa shape index (κ1) is 28.5. The number of nitrogens with two attached hydrogens (primary N) is 1. The highest BCUT2D eigenvalue weighted by molar-refractivity contribution is 8.01. The average Bonchev–Trinajstić information content (AvgIpc) is 3.33. The number of benzene rings is 1. The van der Waals surface area contributed by atoms with Gasteiger partial charge in [0.2, 0.25) is 0 Å². The highest BCUT2D eigenvalue weighted by atomic mass is 32.2. The number of furan rings is 1. The molecule has 0 radical (unpaired) electrons. The lowest BCUT2D eigenvalue weighted by atomic mass is 10.1. The standard InChI is InChI=1S/C26H24N4O8S/c1-16-9-10-38-23(16)26(34)29-20-6-4-5-17(11-20)7-8-18-12-19(13-28-24(18)27)25(33)30-39(35,14-21(31)36-2)15-22(32)37-3/h4-6,9-14H,15H2,1-3H3,(H2,27,28)(H,29,34)(H,30,33,35). The van der Waals surface area contributed by atoms with Crippen LogP contribution in [0.25, 0.3) is 0 Å². The summed E-state index contributed by atoms with van der Waals surface area (Å²) in [6.07, 6.45) is 2.55.